The van der Waals surface area contributed by atoms with Crippen molar-refractivity contribution in [3.8, 4) is 0 Å². The summed E-state index contributed by atoms with van der Waals surface area (Å²) in [5.41, 5.74) is 1.20. The van der Waals surface area contributed by atoms with E-state index in [4.69, 9.17) is 21.3 Å². The highest BCUT2D eigenvalue weighted by molar-refractivity contribution is 6.30. The van der Waals surface area contributed by atoms with Gasteiger partial charge in [-0.2, -0.15) is 0 Å². The summed E-state index contributed by atoms with van der Waals surface area (Å²) in [6.45, 7) is 4.17. The highest BCUT2D eigenvalue weighted by Crippen LogP contribution is 2.23. The number of halogens is 1. The summed E-state index contributed by atoms with van der Waals surface area (Å²) in [6.07, 6.45) is 1.97. The molecule has 1 saturated heterocycles. The Bertz CT molecular complexity index is 480. The predicted octanol–water partition coefficient (Wildman–Crippen LogP) is 1.98. The van der Waals surface area contributed by atoms with Crippen molar-refractivity contribution < 1.29 is 4.74 Å². The van der Waals surface area contributed by atoms with E-state index in [0.717, 1.165) is 56.5 Å². The second kappa shape index (κ2) is 6.12. The van der Waals surface area contributed by atoms with Gasteiger partial charge in [0.15, 0.2) is 0 Å². The summed E-state index contributed by atoms with van der Waals surface area (Å²) in [5, 5.41) is 7.91. The molecule has 4 nitrogen and oxygen atoms in total. The van der Waals surface area contributed by atoms with Gasteiger partial charge >= 0.3 is 0 Å². The van der Waals surface area contributed by atoms with E-state index in [-0.39, 0.29) is 5.54 Å². The first-order valence-corrected chi connectivity index (χ1v) is 7.52. The van der Waals surface area contributed by atoms with Crippen LogP contribution in [0.3, 0.4) is 0 Å². The maximum atomic E-state index is 5.91. The molecule has 2 aliphatic heterocycles. The Labute approximate surface area is 124 Å². The molecular weight excluding hydrogens is 274 g/mol. The fourth-order valence-corrected chi connectivity index (χ4v) is 2.97. The van der Waals surface area contributed by atoms with Gasteiger partial charge in [0.1, 0.15) is 5.84 Å². The molecule has 108 valence electrons. The standard InChI is InChI=1S/C15H20ClN3O/c16-13-3-1-12(2-4-13)11-18-14-15(19-8-7-17-14)5-9-20-10-6-15/h1-4,19H,5-11H2,(H,17,18). The van der Waals surface area contributed by atoms with Gasteiger partial charge < -0.3 is 15.4 Å². The van der Waals surface area contributed by atoms with Crippen LogP contribution in [0.15, 0.2) is 29.3 Å². The topological polar surface area (TPSA) is 45.7 Å². The molecule has 1 fully saturated rings. The van der Waals surface area contributed by atoms with Gasteiger partial charge in [-0.05, 0) is 30.5 Å². The molecule has 3 rings (SSSR count). The van der Waals surface area contributed by atoms with Crippen molar-refractivity contribution in [2.75, 3.05) is 26.3 Å². The third-order valence-electron chi connectivity index (χ3n) is 4.02. The van der Waals surface area contributed by atoms with Gasteiger partial charge in [0.05, 0.1) is 12.1 Å². The first kappa shape index (κ1) is 13.9. The average molecular weight is 294 g/mol. The van der Waals surface area contributed by atoms with Crippen molar-refractivity contribution in [1.29, 1.82) is 0 Å². The fraction of sp³-hybridized carbons (Fsp3) is 0.533. The van der Waals surface area contributed by atoms with E-state index in [1.54, 1.807) is 0 Å². The number of hydrogen-bond donors (Lipinski definition) is 2. The minimum absolute atomic E-state index is 0.0110. The highest BCUT2D eigenvalue weighted by atomic mass is 35.5. The lowest BCUT2D eigenvalue weighted by atomic mass is 9.87. The number of rotatable bonds is 2. The molecule has 20 heavy (non-hydrogen) atoms. The molecule has 0 atom stereocenters. The van der Waals surface area contributed by atoms with Crippen molar-refractivity contribution in [1.82, 2.24) is 10.6 Å². The van der Waals surface area contributed by atoms with Crippen molar-refractivity contribution in [3.05, 3.63) is 34.9 Å². The number of hydrogen-bond acceptors (Lipinski definition) is 4. The maximum absolute atomic E-state index is 5.91. The Morgan fingerprint density at radius 2 is 2.00 bits per heavy atom. The lowest BCUT2D eigenvalue weighted by Gasteiger charge is -2.41. The van der Waals surface area contributed by atoms with Gasteiger partial charge in [0.2, 0.25) is 0 Å². The SMILES string of the molecule is Clc1ccc(CNC2=NCCNC23CCOCC3)cc1. The van der Waals surface area contributed by atoms with Crippen molar-refractivity contribution in [3.63, 3.8) is 0 Å². The molecule has 1 aromatic rings. The van der Waals surface area contributed by atoms with E-state index >= 15 is 0 Å². The summed E-state index contributed by atoms with van der Waals surface area (Å²) >= 11 is 5.91. The molecule has 0 aromatic heterocycles. The number of nitrogens with one attached hydrogen (secondary N) is 2. The van der Waals surface area contributed by atoms with Crippen LogP contribution in [-0.2, 0) is 11.3 Å². The minimum Gasteiger partial charge on any atom is -0.381 e. The zero-order valence-corrected chi connectivity index (χ0v) is 12.2. The number of amidine groups is 1. The lowest BCUT2D eigenvalue weighted by molar-refractivity contribution is 0.0595. The van der Waals surface area contributed by atoms with Gasteiger partial charge in [0.25, 0.3) is 0 Å². The lowest BCUT2D eigenvalue weighted by Crippen LogP contribution is -2.62. The second-order valence-electron chi connectivity index (χ2n) is 5.33. The normalized spacial score (nSPS) is 21.6. The van der Waals surface area contributed by atoms with Gasteiger partial charge in [-0.25, -0.2) is 0 Å². The molecule has 2 aliphatic rings. The van der Waals surface area contributed by atoms with Crippen LogP contribution in [0.4, 0.5) is 0 Å². The van der Waals surface area contributed by atoms with Crippen LogP contribution in [0.25, 0.3) is 0 Å². The number of benzene rings is 1. The Balaban J connectivity index is 1.68. The number of nitrogens with zero attached hydrogens (tertiary/aromatic N) is 1. The summed E-state index contributed by atoms with van der Waals surface area (Å²) in [6, 6.07) is 7.93. The zero-order valence-electron chi connectivity index (χ0n) is 11.5. The van der Waals surface area contributed by atoms with Crippen molar-refractivity contribution in [2.45, 2.75) is 24.9 Å². The largest absolute Gasteiger partial charge is 0.381 e. The summed E-state index contributed by atoms with van der Waals surface area (Å²) in [4.78, 5) is 4.70. The highest BCUT2D eigenvalue weighted by Gasteiger charge is 2.38. The van der Waals surface area contributed by atoms with Gasteiger partial charge in [-0.3, -0.25) is 4.99 Å². The van der Waals surface area contributed by atoms with E-state index in [2.05, 4.69) is 10.6 Å². The third-order valence-corrected chi connectivity index (χ3v) is 4.27. The Hall–Kier alpha value is -1.10. The number of ether oxygens (including phenoxy) is 1. The molecule has 1 spiro atoms. The molecule has 0 amide bonds. The van der Waals surface area contributed by atoms with Crippen molar-refractivity contribution in [2.24, 2.45) is 4.99 Å². The van der Waals surface area contributed by atoms with Crippen LogP contribution < -0.4 is 10.6 Å². The van der Waals surface area contributed by atoms with E-state index in [1.807, 2.05) is 24.3 Å². The molecule has 0 aliphatic carbocycles. The van der Waals surface area contributed by atoms with E-state index < -0.39 is 0 Å². The molecular formula is C15H20ClN3O. The number of aliphatic imine (C=N–C) groups is 1. The monoisotopic (exact) mass is 293 g/mol. The van der Waals surface area contributed by atoms with Gasteiger partial charge in [-0.1, -0.05) is 23.7 Å². The average Bonchev–Trinajstić information content (AvgIpc) is 2.49. The molecule has 0 saturated carbocycles. The molecule has 0 bridgehead atoms. The van der Waals surface area contributed by atoms with Crippen LogP contribution >= 0.6 is 11.6 Å². The zero-order chi connectivity index (χ0) is 13.8. The third kappa shape index (κ3) is 2.97. The van der Waals surface area contributed by atoms with E-state index in [1.165, 1.54) is 5.56 Å². The first-order chi connectivity index (χ1) is 9.78. The second-order valence-corrected chi connectivity index (χ2v) is 5.77. The fourth-order valence-electron chi connectivity index (χ4n) is 2.84. The smallest absolute Gasteiger partial charge is 0.117 e. The summed E-state index contributed by atoms with van der Waals surface area (Å²) in [5.74, 6) is 1.09. The van der Waals surface area contributed by atoms with Gasteiger partial charge in [0, 0.05) is 31.3 Å². The Morgan fingerprint density at radius 1 is 1.25 bits per heavy atom. The molecule has 0 radical (unpaired) electrons. The van der Waals surface area contributed by atoms with Gasteiger partial charge in [-0.15, -0.1) is 0 Å². The van der Waals surface area contributed by atoms with Crippen LogP contribution in [0.1, 0.15) is 18.4 Å². The van der Waals surface area contributed by atoms with Crippen LogP contribution in [0, 0.1) is 0 Å². The molecule has 5 heteroatoms. The van der Waals surface area contributed by atoms with Crippen LogP contribution in [0.2, 0.25) is 5.02 Å². The Morgan fingerprint density at radius 3 is 2.75 bits per heavy atom. The van der Waals surface area contributed by atoms with Crippen molar-refractivity contribution >= 4 is 17.4 Å². The quantitative estimate of drug-likeness (QED) is 0.876. The first-order valence-electron chi connectivity index (χ1n) is 7.15. The molecule has 1 aromatic carbocycles. The molecule has 2 N–H and O–H groups in total. The van der Waals surface area contributed by atoms with Crippen LogP contribution in [-0.4, -0.2) is 37.7 Å². The Kier molecular flexibility index (Phi) is 4.24. The molecule has 0 unspecified atom stereocenters. The molecule has 2 heterocycles. The van der Waals surface area contributed by atoms with E-state index in [0.29, 0.717) is 0 Å². The summed E-state index contributed by atoms with van der Waals surface area (Å²) in [7, 11) is 0. The van der Waals surface area contributed by atoms with E-state index in [9.17, 15) is 0 Å². The van der Waals surface area contributed by atoms with Crippen LogP contribution in [0.5, 0.6) is 0 Å². The predicted molar refractivity (Wildman–Crippen MR) is 81.4 cm³/mol. The summed E-state index contributed by atoms with van der Waals surface area (Å²) < 4.78 is 5.48. The minimum atomic E-state index is -0.0110. The maximum Gasteiger partial charge on any atom is 0.117 e.